The first kappa shape index (κ1) is 15.0. The van der Waals surface area contributed by atoms with Gasteiger partial charge >= 0.3 is 0 Å². The molecule has 0 radical (unpaired) electrons. The van der Waals surface area contributed by atoms with Crippen molar-refractivity contribution in [3.63, 3.8) is 0 Å². The fourth-order valence-electron chi connectivity index (χ4n) is 2.08. The largest absolute Gasteiger partial charge is 0.497 e. The molecule has 1 aromatic carbocycles. The van der Waals surface area contributed by atoms with Gasteiger partial charge in [-0.25, -0.2) is 9.97 Å². The molecule has 2 aromatic heterocycles. The molecule has 2 heterocycles. The number of fused-ring (bicyclic) bond motifs is 1. The normalized spacial score (nSPS) is 10.5. The summed E-state index contributed by atoms with van der Waals surface area (Å²) in [5, 5.41) is 6.45. The quantitative estimate of drug-likeness (QED) is 0.724. The first-order valence-electron chi connectivity index (χ1n) is 7.44. The van der Waals surface area contributed by atoms with Crippen LogP contribution in [0.5, 0.6) is 5.75 Å². The molecule has 0 unspecified atom stereocenters. The summed E-state index contributed by atoms with van der Waals surface area (Å²) in [7, 11) is 1.64. The van der Waals surface area contributed by atoms with E-state index >= 15 is 0 Å². The average molecular weight is 310 g/mol. The van der Waals surface area contributed by atoms with Crippen LogP contribution in [0.25, 0.3) is 11.2 Å². The standard InChI is InChI=1S/C16H18N6O/c1-3-8-19-16-21-14-13(17-9-10-18-14)15(22-16)20-11-4-6-12(23-2)7-5-11/h4-7,9-10H,3,8H2,1-2H3,(H2,18,19,20,21,22). The maximum Gasteiger partial charge on any atom is 0.226 e. The van der Waals surface area contributed by atoms with Crippen molar-refractivity contribution < 1.29 is 4.74 Å². The molecule has 0 saturated heterocycles. The number of hydrogen-bond acceptors (Lipinski definition) is 7. The second kappa shape index (κ2) is 6.87. The number of benzene rings is 1. The third-order valence-corrected chi connectivity index (χ3v) is 3.22. The van der Waals surface area contributed by atoms with E-state index < -0.39 is 0 Å². The second-order valence-corrected chi connectivity index (χ2v) is 4.90. The van der Waals surface area contributed by atoms with E-state index in [0.717, 1.165) is 24.4 Å². The molecule has 7 nitrogen and oxygen atoms in total. The van der Waals surface area contributed by atoms with Crippen LogP contribution in [-0.4, -0.2) is 33.6 Å². The van der Waals surface area contributed by atoms with Gasteiger partial charge in [0.25, 0.3) is 0 Å². The van der Waals surface area contributed by atoms with Crippen LogP contribution in [0.15, 0.2) is 36.7 Å². The summed E-state index contributed by atoms with van der Waals surface area (Å²) in [6, 6.07) is 7.60. The number of ether oxygens (including phenoxy) is 1. The van der Waals surface area contributed by atoms with Crippen LogP contribution in [0.1, 0.15) is 13.3 Å². The fourth-order valence-corrected chi connectivity index (χ4v) is 2.08. The highest BCUT2D eigenvalue weighted by Crippen LogP contribution is 2.23. The van der Waals surface area contributed by atoms with Crippen LogP contribution in [0.4, 0.5) is 17.5 Å². The van der Waals surface area contributed by atoms with Crippen LogP contribution in [0, 0.1) is 0 Å². The molecule has 2 N–H and O–H groups in total. The molecule has 3 rings (SSSR count). The van der Waals surface area contributed by atoms with Crippen LogP contribution in [-0.2, 0) is 0 Å². The van der Waals surface area contributed by atoms with Crippen LogP contribution in [0.2, 0.25) is 0 Å². The molecule has 0 saturated carbocycles. The van der Waals surface area contributed by atoms with Crippen molar-refractivity contribution in [1.29, 1.82) is 0 Å². The van der Waals surface area contributed by atoms with Gasteiger partial charge in [-0.15, -0.1) is 0 Å². The Morgan fingerprint density at radius 2 is 1.83 bits per heavy atom. The number of methoxy groups -OCH3 is 1. The highest BCUT2D eigenvalue weighted by Gasteiger charge is 2.10. The third kappa shape index (κ3) is 3.45. The Morgan fingerprint density at radius 1 is 1.04 bits per heavy atom. The van der Waals surface area contributed by atoms with Gasteiger partial charge in [0.05, 0.1) is 7.11 Å². The molecule has 23 heavy (non-hydrogen) atoms. The Hall–Kier alpha value is -2.96. The summed E-state index contributed by atoms with van der Waals surface area (Å²) in [5.41, 5.74) is 2.07. The van der Waals surface area contributed by atoms with Crippen molar-refractivity contribution in [1.82, 2.24) is 19.9 Å². The lowest BCUT2D eigenvalue weighted by atomic mass is 10.3. The fraction of sp³-hybridized carbons (Fsp3) is 0.250. The minimum absolute atomic E-state index is 0.538. The molecule has 0 spiro atoms. The van der Waals surface area contributed by atoms with E-state index in [4.69, 9.17) is 4.74 Å². The molecule has 0 fully saturated rings. The van der Waals surface area contributed by atoms with Gasteiger partial charge in [0.1, 0.15) is 5.75 Å². The van der Waals surface area contributed by atoms with E-state index in [1.54, 1.807) is 19.5 Å². The van der Waals surface area contributed by atoms with Gasteiger partial charge in [-0.2, -0.15) is 9.97 Å². The highest BCUT2D eigenvalue weighted by atomic mass is 16.5. The molecular weight excluding hydrogens is 292 g/mol. The van der Waals surface area contributed by atoms with Crippen molar-refractivity contribution in [2.75, 3.05) is 24.3 Å². The number of hydrogen-bond donors (Lipinski definition) is 2. The molecule has 0 bridgehead atoms. The maximum absolute atomic E-state index is 5.17. The summed E-state index contributed by atoms with van der Waals surface area (Å²) in [5.74, 6) is 1.95. The Morgan fingerprint density at radius 3 is 2.57 bits per heavy atom. The third-order valence-electron chi connectivity index (χ3n) is 3.22. The van der Waals surface area contributed by atoms with Crippen LogP contribution >= 0.6 is 0 Å². The minimum Gasteiger partial charge on any atom is -0.497 e. The molecular formula is C16H18N6O. The Labute approximate surface area is 134 Å². The van der Waals surface area contributed by atoms with E-state index in [-0.39, 0.29) is 0 Å². The molecule has 0 aliphatic carbocycles. The van der Waals surface area contributed by atoms with Crippen LogP contribution in [0.3, 0.4) is 0 Å². The number of nitrogens with one attached hydrogen (secondary N) is 2. The Bertz CT molecular complexity index is 790. The van der Waals surface area contributed by atoms with Crippen molar-refractivity contribution in [2.45, 2.75) is 13.3 Å². The summed E-state index contributed by atoms with van der Waals surface area (Å²) < 4.78 is 5.17. The van der Waals surface area contributed by atoms with Gasteiger partial charge < -0.3 is 15.4 Å². The molecule has 0 aliphatic heterocycles. The van der Waals surface area contributed by atoms with Gasteiger partial charge in [0.15, 0.2) is 17.0 Å². The first-order valence-corrected chi connectivity index (χ1v) is 7.44. The molecule has 0 atom stereocenters. The van der Waals surface area contributed by atoms with E-state index in [9.17, 15) is 0 Å². The van der Waals surface area contributed by atoms with Crippen LogP contribution < -0.4 is 15.4 Å². The minimum atomic E-state index is 0.538. The predicted octanol–water partition coefficient (Wildman–Crippen LogP) is 2.99. The number of rotatable bonds is 6. The second-order valence-electron chi connectivity index (χ2n) is 4.90. The molecule has 7 heteroatoms. The lowest BCUT2D eigenvalue weighted by molar-refractivity contribution is 0.415. The summed E-state index contributed by atoms with van der Waals surface area (Å²) in [6.45, 7) is 2.89. The Kier molecular flexibility index (Phi) is 4.46. The lowest BCUT2D eigenvalue weighted by Crippen LogP contribution is -2.07. The Balaban J connectivity index is 1.96. The zero-order valence-electron chi connectivity index (χ0n) is 13.1. The number of anilines is 3. The molecule has 118 valence electrons. The van der Waals surface area contributed by atoms with Gasteiger partial charge in [-0.3, -0.25) is 0 Å². The number of nitrogens with zero attached hydrogens (tertiary/aromatic N) is 4. The summed E-state index contributed by atoms with van der Waals surface area (Å²) >= 11 is 0. The maximum atomic E-state index is 5.17. The van der Waals surface area contributed by atoms with Crippen molar-refractivity contribution >= 4 is 28.6 Å². The van der Waals surface area contributed by atoms with E-state index in [1.165, 1.54) is 0 Å². The lowest BCUT2D eigenvalue weighted by Gasteiger charge is -2.10. The molecule has 3 aromatic rings. The zero-order valence-corrected chi connectivity index (χ0v) is 13.1. The first-order chi connectivity index (χ1) is 11.3. The van der Waals surface area contributed by atoms with Gasteiger partial charge in [-0.1, -0.05) is 6.92 Å². The predicted molar refractivity (Wildman–Crippen MR) is 90.2 cm³/mol. The van der Waals surface area contributed by atoms with Crippen molar-refractivity contribution in [2.24, 2.45) is 0 Å². The highest BCUT2D eigenvalue weighted by molar-refractivity contribution is 5.85. The van der Waals surface area contributed by atoms with Crippen molar-refractivity contribution in [3.8, 4) is 5.75 Å². The van der Waals surface area contributed by atoms with Gasteiger partial charge in [0, 0.05) is 24.6 Å². The monoisotopic (exact) mass is 310 g/mol. The topological polar surface area (TPSA) is 84.9 Å². The smallest absolute Gasteiger partial charge is 0.226 e. The number of aromatic nitrogens is 4. The average Bonchev–Trinajstić information content (AvgIpc) is 2.60. The van der Waals surface area contributed by atoms with Gasteiger partial charge in [0.2, 0.25) is 5.95 Å². The summed E-state index contributed by atoms with van der Waals surface area (Å²) in [6.07, 6.45) is 4.24. The van der Waals surface area contributed by atoms with E-state index in [2.05, 4.69) is 37.5 Å². The molecule has 0 aliphatic rings. The van der Waals surface area contributed by atoms with E-state index in [1.807, 2.05) is 24.3 Å². The summed E-state index contributed by atoms with van der Waals surface area (Å²) in [4.78, 5) is 17.5. The molecule has 0 amide bonds. The zero-order chi connectivity index (χ0) is 16.1. The SMILES string of the molecule is CCCNc1nc(Nc2ccc(OC)cc2)c2nccnc2n1. The van der Waals surface area contributed by atoms with Crippen molar-refractivity contribution in [3.05, 3.63) is 36.7 Å². The van der Waals surface area contributed by atoms with E-state index in [0.29, 0.717) is 22.9 Å². The van der Waals surface area contributed by atoms with Gasteiger partial charge in [-0.05, 0) is 30.7 Å².